The van der Waals surface area contributed by atoms with E-state index in [4.69, 9.17) is 0 Å². The van der Waals surface area contributed by atoms with Crippen molar-refractivity contribution in [2.24, 2.45) is 7.05 Å². The van der Waals surface area contributed by atoms with Crippen LogP contribution in [-0.2, 0) is 13.6 Å². The number of rotatable bonds is 2. The fourth-order valence-corrected chi connectivity index (χ4v) is 2.27. The zero-order valence-electron chi connectivity index (χ0n) is 8.38. The summed E-state index contributed by atoms with van der Waals surface area (Å²) in [6.45, 7) is 0.767. The Morgan fingerprint density at radius 2 is 2.33 bits per heavy atom. The maximum absolute atomic E-state index is 12.9. The maximum Gasteiger partial charge on any atom is 0.261 e. The SMILES string of the molecule is Cn1cc(Br)c(CN2CCC(F)(F)C2)n1. The van der Waals surface area contributed by atoms with Crippen LogP contribution < -0.4 is 0 Å². The minimum Gasteiger partial charge on any atom is -0.291 e. The molecule has 0 bridgehead atoms. The van der Waals surface area contributed by atoms with Crippen LogP contribution in [0, 0.1) is 0 Å². The summed E-state index contributed by atoms with van der Waals surface area (Å²) in [5.74, 6) is -2.53. The van der Waals surface area contributed by atoms with Crippen LogP contribution in [-0.4, -0.2) is 33.7 Å². The molecule has 1 saturated heterocycles. The highest BCUT2D eigenvalue weighted by Gasteiger charge is 2.38. The fraction of sp³-hybridized carbons (Fsp3) is 0.667. The van der Waals surface area contributed by atoms with Crippen molar-refractivity contribution in [3.63, 3.8) is 0 Å². The lowest BCUT2D eigenvalue weighted by atomic mass is 10.3. The quantitative estimate of drug-likeness (QED) is 0.826. The number of hydrogen-bond donors (Lipinski definition) is 0. The summed E-state index contributed by atoms with van der Waals surface area (Å²) in [5.41, 5.74) is 0.815. The predicted molar refractivity (Wildman–Crippen MR) is 55.7 cm³/mol. The first-order valence-electron chi connectivity index (χ1n) is 4.74. The lowest BCUT2D eigenvalue weighted by molar-refractivity contribution is 0.0114. The average Bonchev–Trinajstić information content (AvgIpc) is 2.57. The molecule has 3 nitrogen and oxygen atoms in total. The summed E-state index contributed by atoms with van der Waals surface area (Å²) >= 11 is 3.36. The van der Waals surface area contributed by atoms with Crippen LogP contribution >= 0.6 is 15.9 Å². The molecule has 2 heterocycles. The predicted octanol–water partition coefficient (Wildman–Crippen LogP) is 2.02. The molecule has 0 amide bonds. The lowest BCUT2D eigenvalue weighted by Crippen LogP contribution is -2.25. The Labute approximate surface area is 95.2 Å². The minimum atomic E-state index is -2.53. The van der Waals surface area contributed by atoms with Gasteiger partial charge in [-0.3, -0.25) is 9.58 Å². The molecule has 0 atom stereocenters. The average molecular weight is 280 g/mol. The smallest absolute Gasteiger partial charge is 0.261 e. The second-order valence-electron chi connectivity index (χ2n) is 3.91. The molecule has 0 spiro atoms. The van der Waals surface area contributed by atoms with Crippen LogP contribution in [0.25, 0.3) is 0 Å². The summed E-state index contributed by atoms with van der Waals surface area (Å²) < 4.78 is 28.4. The van der Waals surface area contributed by atoms with Crippen molar-refractivity contribution in [3.05, 3.63) is 16.4 Å². The van der Waals surface area contributed by atoms with Crippen molar-refractivity contribution in [1.82, 2.24) is 14.7 Å². The number of alkyl halides is 2. The molecule has 1 aromatic rings. The second-order valence-corrected chi connectivity index (χ2v) is 4.77. The molecule has 0 aromatic carbocycles. The van der Waals surface area contributed by atoms with Crippen molar-refractivity contribution in [3.8, 4) is 0 Å². The van der Waals surface area contributed by atoms with Gasteiger partial charge in [0.15, 0.2) is 0 Å². The van der Waals surface area contributed by atoms with Gasteiger partial charge in [0.05, 0.1) is 16.7 Å². The summed E-state index contributed by atoms with van der Waals surface area (Å²) in [7, 11) is 1.81. The molecule has 6 heteroatoms. The number of likely N-dealkylation sites (tertiary alicyclic amines) is 1. The van der Waals surface area contributed by atoms with Gasteiger partial charge in [-0.25, -0.2) is 8.78 Å². The van der Waals surface area contributed by atoms with E-state index in [1.165, 1.54) is 0 Å². The summed E-state index contributed by atoms with van der Waals surface area (Å²) in [6.07, 6.45) is 1.78. The van der Waals surface area contributed by atoms with Crippen molar-refractivity contribution in [2.45, 2.75) is 18.9 Å². The molecule has 1 aliphatic heterocycles. The molecule has 84 valence electrons. The normalized spacial score (nSPS) is 21.1. The highest BCUT2D eigenvalue weighted by molar-refractivity contribution is 9.10. The molecule has 0 aliphatic carbocycles. The van der Waals surface area contributed by atoms with Gasteiger partial charge in [-0.1, -0.05) is 0 Å². The van der Waals surface area contributed by atoms with E-state index in [-0.39, 0.29) is 13.0 Å². The molecule has 0 unspecified atom stereocenters. The Bertz CT molecular complexity index is 364. The van der Waals surface area contributed by atoms with Gasteiger partial charge in [0.1, 0.15) is 0 Å². The Morgan fingerprint density at radius 3 is 2.80 bits per heavy atom. The number of hydrogen-bond acceptors (Lipinski definition) is 2. The number of aromatic nitrogens is 2. The van der Waals surface area contributed by atoms with E-state index >= 15 is 0 Å². The van der Waals surface area contributed by atoms with Gasteiger partial charge in [-0.2, -0.15) is 5.10 Å². The molecule has 1 fully saturated rings. The van der Waals surface area contributed by atoms with Gasteiger partial charge in [0.25, 0.3) is 5.92 Å². The molecule has 1 aliphatic rings. The highest BCUT2D eigenvalue weighted by Crippen LogP contribution is 2.28. The monoisotopic (exact) mass is 279 g/mol. The third-order valence-corrected chi connectivity index (χ3v) is 3.14. The second kappa shape index (κ2) is 3.83. The molecule has 0 radical (unpaired) electrons. The van der Waals surface area contributed by atoms with E-state index < -0.39 is 5.92 Å². The number of aryl methyl sites for hydroxylation is 1. The summed E-state index contributed by atoms with van der Waals surface area (Å²) in [6, 6.07) is 0. The molecule has 0 N–H and O–H groups in total. The van der Waals surface area contributed by atoms with Crippen LogP contribution in [0.3, 0.4) is 0 Å². The minimum absolute atomic E-state index is 0.0442. The first-order valence-corrected chi connectivity index (χ1v) is 5.54. The van der Waals surface area contributed by atoms with Crippen LogP contribution in [0.2, 0.25) is 0 Å². The Balaban J connectivity index is 2.01. The molecule has 0 saturated carbocycles. The third kappa shape index (κ3) is 2.55. The largest absolute Gasteiger partial charge is 0.291 e. The zero-order valence-corrected chi connectivity index (χ0v) is 9.97. The van der Waals surface area contributed by atoms with Crippen molar-refractivity contribution >= 4 is 15.9 Å². The van der Waals surface area contributed by atoms with E-state index in [0.29, 0.717) is 13.1 Å². The summed E-state index contributed by atoms with van der Waals surface area (Å²) in [5, 5.41) is 4.20. The molecule has 2 rings (SSSR count). The number of nitrogens with zero attached hydrogens (tertiary/aromatic N) is 3. The van der Waals surface area contributed by atoms with E-state index in [2.05, 4.69) is 21.0 Å². The van der Waals surface area contributed by atoms with Crippen molar-refractivity contribution in [1.29, 1.82) is 0 Å². The Kier molecular flexibility index (Phi) is 2.81. The van der Waals surface area contributed by atoms with Gasteiger partial charge in [-0.05, 0) is 15.9 Å². The van der Waals surface area contributed by atoms with Crippen LogP contribution in [0.1, 0.15) is 12.1 Å². The van der Waals surface area contributed by atoms with Gasteiger partial charge >= 0.3 is 0 Å². The van der Waals surface area contributed by atoms with Gasteiger partial charge in [0.2, 0.25) is 0 Å². The fourth-order valence-electron chi connectivity index (χ4n) is 1.77. The van der Waals surface area contributed by atoms with E-state index in [1.54, 1.807) is 9.58 Å². The van der Waals surface area contributed by atoms with Gasteiger partial charge < -0.3 is 0 Å². The van der Waals surface area contributed by atoms with E-state index in [1.807, 2.05) is 13.2 Å². The Hall–Kier alpha value is -0.490. The van der Waals surface area contributed by atoms with Gasteiger partial charge in [0, 0.05) is 32.8 Å². The van der Waals surface area contributed by atoms with Crippen LogP contribution in [0.4, 0.5) is 8.78 Å². The summed E-state index contributed by atoms with van der Waals surface area (Å²) in [4.78, 5) is 1.73. The third-order valence-electron chi connectivity index (χ3n) is 2.48. The van der Waals surface area contributed by atoms with E-state index in [0.717, 1.165) is 10.2 Å². The molecule has 15 heavy (non-hydrogen) atoms. The highest BCUT2D eigenvalue weighted by atomic mass is 79.9. The Morgan fingerprint density at radius 1 is 1.60 bits per heavy atom. The zero-order chi connectivity index (χ0) is 11.1. The van der Waals surface area contributed by atoms with Crippen LogP contribution in [0.5, 0.6) is 0 Å². The standard InChI is InChI=1S/C9H12BrF2N3/c1-14-4-7(10)8(13-14)5-15-3-2-9(11,12)6-15/h4H,2-3,5-6H2,1H3. The first-order chi connectivity index (χ1) is 6.96. The maximum atomic E-state index is 12.9. The first kappa shape index (κ1) is 11.0. The number of halogens is 3. The van der Waals surface area contributed by atoms with Gasteiger partial charge in [-0.15, -0.1) is 0 Å². The molecular formula is C9H12BrF2N3. The molecule has 1 aromatic heterocycles. The van der Waals surface area contributed by atoms with Crippen molar-refractivity contribution < 1.29 is 8.78 Å². The lowest BCUT2D eigenvalue weighted by Gasteiger charge is -2.13. The topological polar surface area (TPSA) is 21.1 Å². The molecular weight excluding hydrogens is 268 g/mol. The van der Waals surface area contributed by atoms with Crippen molar-refractivity contribution in [2.75, 3.05) is 13.1 Å². The van der Waals surface area contributed by atoms with E-state index in [9.17, 15) is 8.78 Å². The van der Waals surface area contributed by atoms with Crippen LogP contribution in [0.15, 0.2) is 10.7 Å².